The van der Waals surface area contributed by atoms with Gasteiger partial charge in [0.05, 0.1) is 9.88 Å². The van der Waals surface area contributed by atoms with E-state index in [2.05, 4.69) is 0 Å². The summed E-state index contributed by atoms with van der Waals surface area (Å²) in [5.41, 5.74) is 5.25. The number of rotatable bonds is 3. The zero-order valence-electron chi connectivity index (χ0n) is 12.4. The molecule has 1 amide bonds. The van der Waals surface area contributed by atoms with Crippen LogP contribution in [0.4, 0.5) is 0 Å². The summed E-state index contributed by atoms with van der Waals surface area (Å²) < 4.78 is 27.3. The first-order chi connectivity index (χ1) is 10.3. The standard InChI is InChI=1S/C13H18ClN3O3S2.ClH/c14-10-2-3-11(21-10)22(19,20)17-7-1-6-16(8-9-17)12(18)13(15)4-5-13;/h2-3H,1,4-9,15H2;1H. The number of halogens is 2. The number of sulfonamides is 1. The highest BCUT2D eigenvalue weighted by molar-refractivity contribution is 7.91. The van der Waals surface area contributed by atoms with E-state index in [9.17, 15) is 13.2 Å². The van der Waals surface area contributed by atoms with E-state index < -0.39 is 15.6 Å². The van der Waals surface area contributed by atoms with Gasteiger partial charge in [0, 0.05) is 26.2 Å². The quantitative estimate of drug-likeness (QED) is 0.834. The molecule has 2 N–H and O–H groups in total. The predicted octanol–water partition coefficient (Wildman–Crippen LogP) is 1.54. The smallest absolute Gasteiger partial charge is 0.252 e. The average molecular weight is 400 g/mol. The maximum Gasteiger partial charge on any atom is 0.252 e. The summed E-state index contributed by atoms with van der Waals surface area (Å²) in [5, 5.41) is 0. The van der Waals surface area contributed by atoms with Gasteiger partial charge < -0.3 is 10.6 Å². The van der Waals surface area contributed by atoms with Crippen LogP contribution in [0, 0.1) is 0 Å². The zero-order chi connectivity index (χ0) is 16.0. The number of amides is 1. The van der Waals surface area contributed by atoms with Crippen molar-refractivity contribution < 1.29 is 13.2 Å². The molecule has 1 aliphatic carbocycles. The highest BCUT2D eigenvalue weighted by Gasteiger charge is 2.48. The summed E-state index contributed by atoms with van der Waals surface area (Å²) in [4.78, 5) is 14.0. The summed E-state index contributed by atoms with van der Waals surface area (Å²) >= 11 is 6.88. The number of nitrogens with two attached hydrogens (primary N) is 1. The first kappa shape index (κ1) is 19.0. The zero-order valence-corrected chi connectivity index (χ0v) is 15.6. The number of nitrogens with zero attached hydrogens (tertiary/aromatic N) is 2. The van der Waals surface area contributed by atoms with Gasteiger partial charge in [-0.2, -0.15) is 4.31 Å². The molecule has 6 nitrogen and oxygen atoms in total. The predicted molar refractivity (Wildman–Crippen MR) is 92.7 cm³/mol. The van der Waals surface area contributed by atoms with E-state index in [1.165, 1.54) is 10.4 Å². The Bertz CT molecular complexity index is 688. The molecule has 3 rings (SSSR count). The number of carbonyl (C=O) groups is 1. The molecule has 1 aliphatic heterocycles. The molecule has 1 aromatic rings. The van der Waals surface area contributed by atoms with E-state index in [1.54, 1.807) is 11.0 Å². The minimum Gasteiger partial charge on any atom is -0.340 e. The Morgan fingerprint density at radius 1 is 1.22 bits per heavy atom. The summed E-state index contributed by atoms with van der Waals surface area (Å²) in [7, 11) is -3.54. The molecule has 0 atom stereocenters. The molecule has 1 saturated heterocycles. The van der Waals surface area contributed by atoms with Crippen LogP contribution < -0.4 is 5.73 Å². The van der Waals surface area contributed by atoms with Crippen molar-refractivity contribution in [2.45, 2.75) is 29.0 Å². The molecule has 1 saturated carbocycles. The van der Waals surface area contributed by atoms with Crippen LogP contribution >= 0.6 is 35.3 Å². The van der Waals surface area contributed by atoms with E-state index >= 15 is 0 Å². The van der Waals surface area contributed by atoms with Gasteiger partial charge in [0.25, 0.3) is 10.0 Å². The molecule has 23 heavy (non-hydrogen) atoms. The topological polar surface area (TPSA) is 83.7 Å². The maximum absolute atomic E-state index is 12.6. The molecule has 1 aromatic heterocycles. The largest absolute Gasteiger partial charge is 0.340 e. The molecule has 0 radical (unpaired) electrons. The van der Waals surface area contributed by atoms with Crippen LogP contribution in [0.25, 0.3) is 0 Å². The average Bonchev–Trinajstić information content (AvgIpc) is 3.15. The highest BCUT2D eigenvalue weighted by atomic mass is 35.5. The molecule has 10 heteroatoms. The second-order valence-corrected chi connectivity index (χ2v) is 9.64. The maximum atomic E-state index is 12.6. The summed E-state index contributed by atoms with van der Waals surface area (Å²) in [5.74, 6) is -0.0501. The third kappa shape index (κ3) is 3.83. The van der Waals surface area contributed by atoms with E-state index in [4.69, 9.17) is 17.3 Å². The van der Waals surface area contributed by atoms with Crippen LogP contribution in [-0.4, -0.2) is 55.2 Å². The molecule has 2 heterocycles. The van der Waals surface area contributed by atoms with Crippen LogP contribution in [0.15, 0.2) is 16.3 Å². The van der Waals surface area contributed by atoms with Crippen molar-refractivity contribution in [3.63, 3.8) is 0 Å². The van der Waals surface area contributed by atoms with Crippen LogP contribution in [0.1, 0.15) is 19.3 Å². The fourth-order valence-electron chi connectivity index (χ4n) is 2.56. The number of hydrogen-bond acceptors (Lipinski definition) is 5. The van der Waals surface area contributed by atoms with E-state index in [0.717, 1.165) is 24.2 Å². The Labute approximate surface area is 151 Å². The lowest BCUT2D eigenvalue weighted by atomic mass is 10.2. The number of thiophene rings is 1. The van der Waals surface area contributed by atoms with Gasteiger partial charge in [-0.25, -0.2) is 8.42 Å². The third-order valence-corrected chi connectivity index (χ3v) is 7.70. The second-order valence-electron chi connectivity index (χ2n) is 5.76. The molecule has 2 aliphatic rings. The Hall–Kier alpha value is -0.380. The van der Waals surface area contributed by atoms with Crippen molar-refractivity contribution in [2.75, 3.05) is 26.2 Å². The molecule has 0 aromatic carbocycles. The Morgan fingerprint density at radius 3 is 2.48 bits per heavy atom. The number of carbonyl (C=O) groups excluding carboxylic acids is 1. The van der Waals surface area contributed by atoms with Crippen LogP contribution in [0.5, 0.6) is 0 Å². The fourth-order valence-corrected chi connectivity index (χ4v) is 5.67. The highest BCUT2D eigenvalue weighted by Crippen LogP contribution is 2.34. The normalized spacial score (nSPS) is 21.4. The molecular formula is C13H19Cl2N3O3S2. The van der Waals surface area contributed by atoms with Crippen molar-refractivity contribution in [2.24, 2.45) is 5.73 Å². The lowest BCUT2D eigenvalue weighted by Gasteiger charge is -2.24. The van der Waals surface area contributed by atoms with Crippen LogP contribution in [0.3, 0.4) is 0 Å². The molecule has 2 fully saturated rings. The van der Waals surface area contributed by atoms with Gasteiger partial charge in [-0.05, 0) is 31.4 Å². The third-order valence-electron chi connectivity index (χ3n) is 4.10. The van der Waals surface area contributed by atoms with Gasteiger partial charge in [0.15, 0.2) is 0 Å². The SMILES string of the molecule is Cl.NC1(C(=O)N2CCCN(S(=O)(=O)c3ccc(Cl)s3)CC2)CC1. The minimum absolute atomic E-state index is 0. The summed E-state index contributed by atoms with van der Waals surface area (Å²) in [6, 6.07) is 3.10. The lowest BCUT2D eigenvalue weighted by molar-refractivity contribution is -0.133. The first-order valence-corrected chi connectivity index (χ1v) is 9.80. The summed E-state index contributed by atoms with van der Waals surface area (Å²) in [6.07, 6.45) is 2.05. The van der Waals surface area contributed by atoms with Crippen LogP contribution in [-0.2, 0) is 14.8 Å². The first-order valence-electron chi connectivity index (χ1n) is 7.17. The van der Waals surface area contributed by atoms with Gasteiger partial charge >= 0.3 is 0 Å². The van der Waals surface area contributed by atoms with Gasteiger partial charge in [-0.15, -0.1) is 23.7 Å². The molecular weight excluding hydrogens is 381 g/mol. The van der Waals surface area contributed by atoms with E-state index in [-0.39, 0.29) is 22.5 Å². The van der Waals surface area contributed by atoms with Gasteiger partial charge in [0.1, 0.15) is 4.21 Å². The van der Waals surface area contributed by atoms with Gasteiger partial charge in [-0.1, -0.05) is 11.6 Å². The summed E-state index contributed by atoms with van der Waals surface area (Å²) in [6.45, 7) is 1.63. The molecule has 0 bridgehead atoms. The fraction of sp³-hybridized carbons (Fsp3) is 0.615. The van der Waals surface area contributed by atoms with Crippen molar-refractivity contribution in [3.05, 3.63) is 16.5 Å². The van der Waals surface area contributed by atoms with Crippen molar-refractivity contribution in [1.82, 2.24) is 9.21 Å². The van der Waals surface area contributed by atoms with Crippen molar-refractivity contribution in [3.8, 4) is 0 Å². The molecule has 0 unspecified atom stereocenters. The van der Waals surface area contributed by atoms with E-state index in [1.807, 2.05) is 0 Å². The Balaban J connectivity index is 0.00000192. The van der Waals surface area contributed by atoms with E-state index in [0.29, 0.717) is 36.9 Å². The van der Waals surface area contributed by atoms with Gasteiger partial charge in [0.2, 0.25) is 5.91 Å². The van der Waals surface area contributed by atoms with Crippen LogP contribution in [0.2, 0.25) is 4.34 Å². The lowest BCUT2D eigenvalue weighted by Crippen LogP contribution is -2.47. The van der Waals surface area contributed by atoms with Gasteiger partial charge in [-0.3, -0.25) is 4.79 Å². The van der Waals surface area contributed by atoms with Crippen molar-refractivity contribution in [1.29, 1.82) is 0 Å². The second kappa shape index (κ2) is 6.85. The Morgan fingerprint density at radius 2 is 1.91 bits per heavy atom. The van der Waals surface area contributed by atoms with Crippen molar-refractivity contribution >= 4 is 51.3 Å². The minimum atomic E-state index is -3.54. The monoisotopic (exact) mass is 399 g/mol. The molecule has 130 valence electrons. The molecule has 0 spiro atoms. The Kier molecular flexibility index (Phi) is 5.65. The number of hydrogen-bond donors (Lipinski definition) is 1.